The molecule has 1 aliphatic heterocycles. The molecular formula is C19H29F2IN4O. The molecular weight excluding hydrogens is 465 g/mol. The highest BCUT2D eigenvalue weighted by atomic mass is 127. The van der Waals surface area contributed by atoms with Gasteiger partial charge in [0.1, 0.15) is 17.3 Å². The lowest BCUT2D eigenvalue weighted by Crippen LogP contribution is -2.46. The number of aliphatic imine (C=N–C) groups is 1. The van der Waals surface area contributed by atoms with Crippen LogP contribution in [0.15, 0.2) is 23.2 Å². The van der Waals surface area contributed by atoms with E-state index in [0.29, 0.717) is 18.5 Å². The van der Waals surface area contributed by atoms with Crippen LogP contribution in [-0.4, -0.2) is 52.4 Å². The molecule has 2 N–H and O–H groups in total. The summed E-state index contributed by atoms with van der Waals surface area (Å²) in [7, 11) is 3.47. The van der Waals surface area contributed by atoms with Crippen molar-refractivity contribution >= 4 is 35.6 Å². The smallest absolute Gasteiger partial charge is 0.191 e. The Labute approximate surface area is 177 Å². The van der Waals surface area contributed by atoms with Gasteiger partial charge in [-0.2, -0.15) is 0 Å². The van der Waals surface area contributed by atoms with Crippen molar-refractivity contribution < 1.29 is 13.5 Å². The Morgan fingerprint density at radius 2 is 2.04 bits per heavy atom. The summed E-state index contributed by atoms with van der Waals surface area (Å²) in [6.07, 6.45) is 4.29. The van der Waals surface area contributed by atoms with Crippen molar-refractivity contribution in [3.63, 3.8) is 0 Å². The number of ether oxygens (including phenoxy) is 1. The Hall–Kier alpha value is -1.16. The van der Waals surface area contributed by atoms with Crippen LogP contribution in [-0.2, 0) is 4.74 Å². The molecule has 1 aromatic rings. The van der Waals surface area contributed by atoms with E-state index in [9.17, 15) is 8.78 Å². The Balaban J connectivity index is 0.00000261. The van der Waals surface area contributed by atoms with Crippen LogP contribution in [0.1, 0.15) is 25.7 Å². The van der Waals surface area contributed by atoms with Crippen LogP contribution in [0.2, 0.25) is 0 Å². The molecule has 1 atom stereocenters. The monoisotopic (exact) mass is 494 g/mol. The van der Waals surface area contributed by atoms with E-state index < -0.39 is 11.6 Å². The highest BCUT2D eigenvalue weighted by molar-refractivity contribution is 14.0. The molecule has 0 amide bonds. The minimum atomic E-state index is -0.512. The van der Waals surface area contributed by atoms with Crippen LogP contribution in [0.3, 0.4) is 0 Å². The van der Waals surface area contributed by atoms with Crippen molar-refractivity contribution in [1.29, 1.82) is 0 Å². The van der Waals surface area contributed by atoms with Gasteiger partial charge in [-0.15, -0.1) is 24.0 Å². The number of rotatable bonds is 7. The van der Waals surface area contributed by atoms with Gasteiger partial charge in [-0.1, -0.05) is 6.07 Å². The average molecular weight is 494 g/mol. The first-order valence-electron chi connectivity index (χ1n) is 9.22. The molecule has 3 rings (SSSR count). The molecule has 1 saturated heterocycles. The van der Waals surface area contributed by atoms with Gasteiger partial charge in [0, 0.05) is 46.4 Å². The molecule has 1 aliphatic carbocycles. The fourth-order valence-electron chi connectivity index (χ4n) is 3.54. The predicted molar refractivity (Wildman–Crippen MR) is 115 cm³/mol. The summed E-state index contributed by atoms with van der Waals surface area (Å²) < 4.78 is 33.1. The van der Waals surface area contributed by atoms with Crippen LogP contribution in [0.4, 0.5) is 14.5 Å². The maximum absolute atomic E-state index is 14.0. The molecule has 8 heteroatoms. The van der Waals surface area contributed by atoms with E-state index in [1.54, 1.807) is 19.1 Å². The van der Waals surface area contributed by atoms with E-state index in [4.69, 9.17) is 4.74 Å². The van der Waals surface area contributed by atoms with Gasteiger partial charge in [0.25, 0.3) is 0 Å². The van der Waals surface area contributed by atoms with E-state index in [-0.39, 0.29) is 35.7 Å². The van der Waals surface area contributed by atoms with Gasteiger partial charge >= 0.3 is 0 Å². The van der Waals surface area contributed by atoms with Crippen LogP contribution in [0.5, 0.6) is 0 Å². The Morgan fingerprint density at radius 3 is 2.63 bits per heavy atom. The molecule has 1 aromatic carbocycles. The highest BCUT2D eigenvalue weighted by Gasteiger charge is 2.42. The number of halogens is 3. The summed E-state index contributed by atoms with van der Waals surface area (Å²) in [6, 6.07) is 4.10. The fourth-order valence-corrected chi connectivity index (χ4v) is 3.54. The predicted octanol–water partition coefficient (Wildman–Crippen LogP) is 3.14. The zero-order chi connectivity index (χ0) is 18.6. The topological polar surface area (TPSA) is 48.9 Å². The zero-order valence-electron chi connectivity index (χ0n) is 15.9. The molecule has 27 heavy (non-hydrogen) atoms. The maximum Gasteiger partial charge on any atom is 0.191 e. The zero-order valence-corrected chi connectivity index (χ0v) is 18.3. The standard InChI is InChI=1S/C19H28F2N4O.HI/c1-22-18(23-13-19(7-8-19)9-11-26-2)24-14-6-10-25(12-14)17-15(20)4-3-5-16(17)21;/h3-5,14H,6-13H2,1-2H3,(H2,22,23,24);1H. The highest BCUT2D eigenvalue weighted by Crippen LogP contribution is 2.48. The molecule has 0 bridgehead atoms. The third-order valence-electron chi connectivity index (χ3n) is 5.43. The number of methoxy groups -OCH3 is 1. The summed E-state index contributed by atoms with van der Waals surface area (Å²) in [6.45, 7) is 2.81. The van der Waals surface area contributed by atoms with Gasteiger partial charge in [0.05, 0.1) is 0 Å². The van der Waals surface area contributed by atoms with Gasteiger partial charge in [-0.25, -0.2) is 8.78 Å². The van der Waals surface area contributed by atoms with Gasteiger partial charge in [-0.3, -0.25) is 4.99 Å². The van der Waals surface area contributed by atoms with E-state index in [0.717, 1.165) is 32.0 Å². The number of para-hydroxylation sites is 1. The second-order valence-electron chi connectivity index (χ2n) is 7.31. The summed E-state index contributed by atoms with van der Waals surface area (Å²) >= 11 is 0. The summed E-state index contributed by atoms with van der Waals surface area (Å²) in [5, 5.41) is 6.78. The molecule has 1 saturated carbocycles. The lowest BCUT2D eigenvalue weighted by Gasteiger charge is -2.22. The summed E-state index contributed by atoms with van der Waals surface area (Å²) in [5.74, 6) is -0.279. The first-order valence-corrected chi connectivity index (χ1v) is 9.22. The maximum atomic E-state index is 14.0. The van der Waals surface area contributed by atoms with Crippen molar-refractivity contribution in [2.24, 2.45) is 10.4 Å². The molecule has 1 heterocycles. The lowest BCUT2D eigenvalue weighted by atomic mass is 10.0. The first-order chi connectivity index (χ1) is 12.6. The molecule has 2 fully saturated rings. The quantitative estimate of drug-likeness (QED) is 0.348. The Kier molecular flexibility index (Phi) is 8.08. The minimum Gasteiger partial charge on any atom is -0.385 e. The lowest BCUT2D eigenvalue weighted by molar-refractivity contribution is 0.172. The van der Waals surface area contributed by atoms with E-state index in [1.165, 1.54) is 31.0 Å². The van der Waals surface area contributed by atoms with Crippen molar-refractivity contribution in [3.8, 4) is 0 Å². The SMILES string of the molecule is CN=C(NCC1(CCOC)CC1)NC1CCN(c2c(F)cccc2F)C1.I. The van der Waals surface area contributed by atoms with Crippen LogP contribution >= 0.6 is 24.0 Å². The van der Waals surface area contributed by atoms with Crippen LogP contribution in [0, 0.1) is 17.0 Å². The van der Waals surface area contributed by atoms with Crippen molar-refractivity contribution in [2.75, 3.05) is 45.3 Å². The van der Waals surface area contributed by atoms with E-state index in [1.807, 2.05) is 0 Å². The average Bonchev–Trinajstić information content (AvgIpc) is 3.26. The number of benzene rings is 1. The summed E-state index contributed by atoms with van der Waals surface area (Å²) in [4.78, 5) is 6.05. The third kappa shape index (κ3) is 5.66. The van der Waals surface area contributed by atoms with Gasteiger partial charge in [0.2, 0.25) is 0 Å². The molecule has 152 valence electrons. The van der Waals surface area contributed by atoms with Gasteiger partial charge in [-0.05, 0) is 43.2 Å². The summed E-state index contributed by atoms with van der Waals surface area (Å²) in [5.41, 5.74) is 0.391. The molecule has 1 unspecified atom stereocenters. The Bertz CT molecular complexity index is 634. The number of nitrogens with one attached hydrogen (secondary N) is 2. The normalized spacial score (nSPS) is 21.0. The fraction of sp³-hybridized carbons (Fsp3) is 0.632. The van der Waals surface area contributed by atoms with E-state index >= 15 is 0 Å². The van der Waals surface area contributed by atoms with Gasteiger partial charge < -0.3 is 20.3 Å². The second-order valence-corrected chi connectivity index (χ2v) is 7.31. The van der Waals surface area contributed by atoms with Crippen molar-refractivity contribution in [3.05, 3.63) is 29.8 Å². The number of hydrogen-bond donors (Lipinski definition) is 2. The van der Waals surface area contributed by atoms with Crippen molar-refractivity contribution in [2.45, 2.75) is 31.7 Å². The molecule has 0 aromatic heterocycles. The second kappa shape index (κ2) is 9.86. The van der Waals surface area contributed by atoms with Crippen LogP contribution in [0.25, 0.3) is 0 Å². The Morgan fingerprint density at radius 1 is 1.33 bits per heavy atom. The third-order valence-corrected chi connectivity index (χ3v) is 5.43. The largest absolute Gasteiger partial charge is 0.385 e. The van der Waals surface area contributed by atoms with Crippen molar-refractivity contribution in [1.82, 2.24) is 10.6 Å². The molecule has 2 aliphatic rings. The van der Waals surface area contributed by atoms with E-state index in [2.05, 4.69) is 15.6 Å². The van der Waals surface area contributed by atoms with Crippen LogP contribution < -0.4 is 15.5 Å². The molecule has 0 radical (unpaired) electrons. The molecule has 5 nitrogen and oxygen atoms in total. The number of nitrogens with zero attached hydrogens (tertiary/aromatic N) is 2. The number of anilines is 1. The van der Waals surface area contributed by atoms with Gasteiger partial charge in [0.15, 0.2) is 5.96 Å². The number of hydrogen-bond acceptors (Lipinski definition) is 3. The number of guanidine groups is 1. The first kappa shape index (κ1) is 22.1. The molecule has 0 spiro atoms. The minimum absolute atomic E-state index is 0.